The van der Waals surface area contributed by atoms with Gasteiger partial charge < -0.3 is 10.2 Å². The number of likely N-dealkylation sites (tertiary alicyclic amines) is 1. The van der Waals surface area contributed by atoms with Crippen LogP contribution in [0.25, 0.3) is 5.69 Å². The van der Waals surface area contributed by atoms with Gasteiger partial charge in [0, 0.05) is 36.7 Å². The zero-order valence-electron chi connectivity index (χ0n) is 17.5. The van der Waals surface area contributed by atoms with Gasteiger partial charge in [0.1, 0.15) is 18.0 Å². The van der Waals surface area contributed by atoms with Crippen molar-refractivity contribution in [3.63, 3.8) is 0 Å². The van der Waals surface area contributed by atoms with E-state index in [1.165, 1.54) is 48.3 Å². The minimum atomic E-state index is -0.583. The van der Waals surface area contributed by atoms with Gasteiger partial charge in [0.2, 0.25) is 5.43 Å². The molecule has 0 radical (unpaired) electrons. The third-order valence-corrected chi connectivity index (χ3v) is 5.64. The number of hydrogen-bond donors (Lipinski definition) is 2. The first kappa shape index (κ1) is 20.9. The Bertz CT molecular complexity index is 1140. The fraction of sp³-hybridized carbons (Fsp3) is 0.292. The van der Waals surface area contributed by atoms with Crippen LogP contribution in [0.3, 0.4) is 0 Å². The molecule has 0 spiro atoms. The molecule has 0 unspecified atom stereocenters. The second-order valence-electron chi connectivity index (χ2n) is 7.99. The first-order valence-corrected chi connectivity index (χ1v) is 10.6. The molecule has 0 saturated carbocycles. The summed E-state index contributed by atoms with van der Waals surface area (Å²) in [5.74, 6) is -1.07. The average molecular weight is 421 g/mol. The van der Waals surface area contributed by atoms with Crippen LogP contribution in [0.2, 0.25) is 0 Å². The van der Waals surface area contributed by atoms with Gasteiger partial charge >= 0.3 is 0 Å². The molecule has 2 aromatic carbocycles. The minimum Gasteiger partial charge on any atom is -0.346 e. The molecule has 1 amide bonds. The van der Waals surface area contributed by atoms with Crippen LogP contribution >= 0.6 is 0 Å². The lowest BCUT2D eigenvalue weighted by Crippen LogP contribution is -3.08. The molecule has 160 valence electrons. The molecule has 31 heavy (non-hydrogen) atoms. The molecule has 7 heteroatoms. The highest BCUT2D eigenvalue weighted by atomic mass is 19.1. The predicted octanol–water partition coefficient (Wildman–Crippen LogP) is 1.79. The number of amides is 1. The summed E-state index contributed by atoms with van der Waals surface area (Å²) in [6.07, 6.45) is 2.59. The summed E-state index contributed by atoms with van der Waals surface area (Å²) >= 11 is 0. The van der Waals surface area contributed by atoms with Crippen LogP contribution in [0.15, 0.2) is 59.4 Å². The Morgan fingerprint density at radius 3 is 2.48 bits per heavy atom. The third-order valence-electron chi connectivity index (χ3n) is 5.64. The number of rotatable bonds is 6. The number of carbonyl (C=O) groups excluding carboxylic acids is 1. The summed E-state index contributed by atoms with van der Waals surface area (Å²) in [5.41, 5.74) is 2.09. The maximum Gasteiger partial charge on any atom is 0.276 e. The van der Waals surface area contributed by atoms with Gasteiger partial charge in [0.05, 0.1) is 13.1 Å². The lowest BCUT2D eigenvalue weighted by molar-refractivity contribution is -0.901. The molecule has 0 atom stereocenters. The first-order valence-electron chi connectivity index (χ1n) is 10.6. The number of aryl methyl sites for hydroxylation is 1. The highest BCUT2D eigenvalue weighted by molar-refractivity contribution is 5.92. The molecule has 4 rings (SSSR count). The van der Waals surface area contributed by atoms with E-state index in [0.717, 1.165) is 12.1 Å². The van der Waals surface area contributed by atoms with Crippen LogP contribution < -0.4 is 15.6 Å². The highest BCUT2D eigenvalue weighted by Crippen LogP contribution is 2.13. The van der Waals surface area contributed by atoms with Gasteiger partial charge in [0.15, 0.2) is 5.69 Å². The zero-order chi connectivity index (χ0) is 21.8. The molecule has 0 aliphatic carbocycles. The van der Waals surface area contributed by atoms with E-state index in [1.54, 1.807) is 30.0 Å². The van der Waals surface area contributed by atoms with Crippen LogP contribution in [-0.2, 0) is 13.1 Å². The van der Waals surface area contributed by atoms with Crippen molar-refractivity contribution in [2.24, 2.45) is 0 Å². The first-order chi connectivity index (χ1) is 15.0. The minimum absolute atomic E-state index is 0.185. The standard InChI is InChI=1S/C24H25FN4O2/c1-17-14-22(30)23(27-29(17)21-7-3-2-6-20(21)25)24(31)26-15-18-8-10-19(11-9-18)16-28-12-4-5-13-28/h2-3,6-11,14H,4-5,12-13,15-16H2,1H3,(H,26,31)/p+1. The summed E-state index contributed by atoms with van der Waals surface area (Å²) < 4.78 is 15.5. The number of benzene rings is 2. The summed E-state index contributed by atoms with van der Waals surface area (Å²) in [4.78, 5) is 26.6. The Hall–Kier alpha value is -3.32. The SMILES string of the molecule is Cc1cc(=O)c(C(=O)NCc2ccc(C[NH+]3CCCC3)cc2)nn1-c1ccccc1F. The third kappa shape index (κ3) is 4.88. The number of hydrogen-bond acceptors (Lipinski definition) is 3. The van der Waals surface area contributed by atoms with Gasteiger partial charge in [-0.25, -0.2) is 9.07 Å². The maximum atomic E-state index is 14.2. The molecule has 0 bridgehead atoms. The highest BCUT2D eigenvalue weighted by Gasteiger charge is 2.17. The van der Waals surface area contributed by atoms with Gasteiger partial charge in [-0.1, -0.05) is 36.4 Å². The molecule has 1 aliphatic heterocycles. The van der Waals surface area contributed by atoms with E-state index in [4.69, 9.17) is 0 Å². The van der Waals surface area contributed by atoms with Gasteiger partial charge in [-0.05, 0) is 24.6 Å². The zero-order valence-corrected chi connectivity index (χ0v) is 17.5. The number of quaternary nitrogens is 1. The second-order valence-corrected chi connectivity index (χ2v) is 7.99. The van der Waals surface area contributed by atoms with Crippen molar-refractivity contribution >= 4 is 5.91 Å². The molecule has 6 nitrogen and oxygen atoms in total. The number of halogens is 1. The van der Waals surface area contributed by atoms with Crippen molar-refractivity contribution in [1.29, 1.82) is 0 Å². The van der Waals surface area contributed by atoms with Crippen LogP contribution in [0.4, 0.5) is 4.39 Å². The van der Waals surface area contributed by atoms with Crippen molar-refractivity contribution in [2.45, 2.75) is 32.9 Å². The lowest BCUT2D eigenvalue weighted by atomic mass is 10.1. The Kier molecular flexibility index (Phi) is 6.23. The van der Waals surface area contributed by atoms with E-state index in [0.29, 0.717) is 5.69 Å². The van der Waals surface area contributed by atoms with Gasteiger partial charge in [0.25, 0.3) is 5.91 Å². The monoisotopic (exact) mass is 421 g/mol. The molecule has 3 aromatic rings. The summed E-state index contributed by atoms with van der Waals surface area (Å²) in [6, 6.07) is 15.6. The van der Waals surface area contributed by atoms with Gasteiger partial charge in [-0.2, -0.15) is 5.10 Å². The average Bonchev–Trinajstić information content (AvgIpc) is 3.27. The Morgan fingerprint density at radius 1 is 1.10 bits per heavy atom. The molecule has 1 aromatic heterocycles. The largest absolute Gasteiger partial charge is 0.346 e. The molecular weight excluding hydrogens is 395 g/mol. The lowest BCUT2D eigenvalue weighted by Gasteiger charge is -2.13. The molecule has 1 fully saturated rings. The smallest absolute Gasteiger partial charge is 0.276 e. The fourth-order valence-electron chi connectivity index (χ4n) is 3.95. The second kappa shape index (κ2) is 9.22. The van der Waals surface area contributed by atoms with Crippen molar-refractivity contribution < 1.29 is 14.1 Å². The van der Waals surface area contributed by atoms with E-state index in [2.05, 4.69) is 22.5 Å². The number of aromatic nitrogens is 2. The van der Waals surface area contributed by atoms with Crippen LogP contribution in [0.5, 0.6) is 0 Å². The van der Waals surface area contributed by atoms with Crippen molar-refractivity contribution in [2.75, 3.05) is 13.1 Å². The summed E-state index contributed by atoms with van der Waals surface area (Å²) in [6.45, 7) is 5.41. The number of nitrogens with one attached hydrogen (secondary N) is 2. The van der Waals surface area contributed by atoms with Crippen molar-refractivity contribution in [3.05, 3.63) is 93.2 Å². The number of para-hydroxylation sites is 1. The number of carbonyl (C=O) groups is 1. The summed E-state index contributed by atoms with van der Waals surface area (Å²) in [7, 11) is 0. The topological polar surface area (TPSA) is 68.4 Å². The van der Waals surface area contributed by atoms with Crippen molar-refractivity contribution in [3.8, 4) is 5.69 Å². The molecule has 2 N–H and O–H groups in total. The molecule has 2 heterocycles. The summed E-state index contributed by atoms with van der Waals surface area (Å²) in [5, 5.41) is 6.88. The van der Waals surface area contributed by atoms with Crippen LogP contribution in [0.1, 0.15) is 40.2 Å². The normalized spacial score (nSPS) is 14.0. The van der Waals surface area contributed by atoms with E-state index in [-0.39, 0.29) is 17.9 Å². The van der Waals surface area contributed by atoms with Gasteiger partial charge in [-0.15, -0.1) is 0 Å². The Morgan fingerprint density at radius 2 is 1.77 bits per heavy atom. The van der Waals surface area contributed by atoms with Gasteiger partial charge in [-0.3, -0.25) is 9.59 Å². The van der Waals surface area contributed by atoms with Crippen molar-refractivity contribution in [1.82, 2.24) is 15.1 Å². The molecule has 1 saturated heterocycles. The Balaban J connectivity index is 1.45. The maximum absolute atomic E-state index is 14.2. The van der Waals surface area contributed by atoms with E-state index < -0.39 is 17.2 Å². The van der Waals surface area contributed by atoms with E-state index in [9.17, 15) is 14.0 Å². The van der Waals surface area contributed by atoms with E-state index in [1.807, 2.05) is 12.1 Å². The molecular formula is C24H26FN4O2+. The fourth-order valence-corrected chi connectivity index (χ4v) is 3.95. The number of nitrogens with zero attached hydrogens (tertiary/aromatic N) is 2. The van der Waals surface area contributed by atoms with Crippen LogP contribution in [-0.4, -0.2) is 28.8 Å². The molecule has 1 aliphatic rings. The Labute approximate surface area is 180 Å². The predicted molar refractivity (Wildman–Crippen MR) is 116 cm³/mol. The van der Waals surface area contributed by atoms with Crippen LogP contribution in [0, 0.1) is 12.7 Å². The quantitative estimate of drug-likeness (QED) is 0.638. The van der Waals surface area contributed by atoms with E-state index >= 15 is 0 Å².